The number of carboxylic acid groups (broad SMARTS) is 1. The minimum absolute atomic E-state index is 0.00489. The number of amides is 1. The lowest BCUT2D eigenvalue weighted by Crippen LogP contribution is -2.15. The second-order valence-electron chi connectivity index (χ2n) is 3.90. The van der Waals surface area contributed by atoms with Crippen molar-refractivity contribution in [2.24, 2.45) is 0 Å². The summed E-state index contributed by atoms with van der Waals surface area (Å²) in [6.45, 7) is 0. The third kappa shape index (κ3) is 3.46. The number of nitrogens with zero attached hydrogens (tertiary/aromatic N) is 2. The van der Waals surface area contributed by atoms with Crippen LogP contribution in [0.4, 0.5) is 5.69 Å². The van der Waals surface area contributed by atoms with E-state index in [-0.39, 0.29) is 22.1 Å². The molecule has 21 heavy (non-hydrogen) atoms. The van der Waals surface area contributed by atoms with Gasteiger partial charge in [-0.05, 0) is 18.2 Å². The van der Waals surface area contributed by atoms with E-state index in [2.05, 4.69) is 15.3 Å². The minimum Gasteiger partial charge on any atom is -0.495 e. The standard InChI is InChI=1S/C13H10ClN3O4/c1-21-10-3-2-7(13(19)20)4-8(10)17-12(18)9-5-15-6-11(14)16-9/h2-6H,1H3,(H,17,18)(H,19,20). The number of aromatic carboxylic acids is 1. The highest BCUT2D eigenvalue weighted by atomic mass is 35.5. The molecule has 2 N–H and O–H groups in total. The largest absolute Gasteiger partial charge is 0.495 e. The average molecular weight is 308 g/mol. The van der Waals surface area contributed by atoms with E-state index in [0.29, 0.717) is 5.75 Å². The van der Waals surface area contributed by atoms with Crippen molar-refractivity contribution in [2.45, 2.75) is 0 Å². The first-order chi connectivity index (χ1) is 10.0. The summed E-state index contributed by atoms with van der Waals surface area (Å²) in [6.07, 6.45) is 2.54. The molecular formula is C13H10ClN3O4. The van der Waals surface area contributed by atoms with Gasteiger partial charge in [0.25, 0.3) is 5.91 Å². The Morgan fingerprint density at radius 3 is 2.71 bits per heavy atom. The number of ether oxygens (including phenoxy) is 1. The van der Waals surface area contributed by atoms with Crippen LogP contribution in [0.3, 0.4) is 0 Å². The van der Waals surface area contributed by atoms with Gasteiger partial charge in [0.1, 0.15) is 16.6 Å². The Morgan fingerprint density at radius 1 is 1.33 bits per heavy atom. The summed E-state index contributed by atoms with van der Waals surface area (Å²) >= 11 is 5.66. The molecule has 0 radical (unpaired) electrons. The summed E-state index contributed by atoms with van der Waals surface area (Å²) < 4.78 is 5.07. The number of halogens is 1. The van der Waals surface area contributed by atoms with Crippen molar-refractivity contribution in [3.05, 3.63) is 47.0 Å². The first-order valence-corrected chi connectivity index (χ1v) is 6.09. The number of methoxy groups -OCH3 is 1. The van der Waals surface area contributed by atoms with Gasteiger partial charge in [0.2, 0.25) is 0 Å². The van der Waals surface area contributed by atoms with Gasteiger partial charge in [-0.1, -0.05) is 11.6 Å². The number of hydrogen-bond donors (Lipinski definition) is 2. The van der Waals surface area contributed by atoms with Crippen LogP contribution < -0.4 is 10.1 Å². The van der Waals surface area contributed by atoms with Crippen molar-refractivity contribution in [1.29, 1.82) is 0 Å². The predicted molar refractivity (Wildman–Crippen MR) is 74.9 cm³/mol. The van der Waals surface area contributed by atoms with Crippen molar-refractivity contribution in [1.82, 2.24) is 9.97 Å². The number of rotatable bonds is 4. The lowest BCUT2D eigenvalue weighted by Gasteiger charge is -2.10. The summed E-state index contributed by atoms with van der Waals surface area (Å²) in [5.74, 6) is -1.37. The summed E-state index contributed by atoms with van der Waals surface area (Å²) in [7, 11) is 1.41. The fourth-order valence-corrected chi connectivity index (χ4v) is 1.72. The molecule has 2 rings (SSSR count). The molecule has 0 bridgehead atoms. The maximum absolute atomic E-state index is 12.0. The van der Waals surface area contributed by atoms with Crippen LogP contribution in [0.2, 0.25) is 5.15 Å². The number of anilines is 1. The molecule has 1 amide bonds. The molecule has 2 aromatic rings. The van der Waals surface area contributed by atoms with Gasteiger partial charge in [-0.2, -0.15) is 0 Å². The van der Waals surface area contributed by atoms with Crippen LogP contribution in [0, 0.1) is 0 Å². The first-order valence-electron chi connectivity index (χ1n) is 5.71. The fraction of sp³-hybridized carbons (Fsp3) is 0.0769. The second-order valence-corrected chi connectivity index (χ2v) is 4.29. The van der Waals surface area contributed by atoms with E-state index in [1.54, 1.807) is 0 Å². The molecule has 0 fully saturated rings. The number of carbonyl (C=O) groups excluding carboxylic acids is 1. The molecule has 0 saturated heterocycles. The van der Waals surface area contributed by atoms with E-state index in [4.69, 9.17) is 21.4 Å². The Hall–Kier alpha value is -2.67. The van der Waals surface area contributed by atoms with Crippen LogP contribution in [-0.2, 0) is 0 Å². The molecule has 0 saturated carbocycles. The number of carbonyl (C=O) groups is 2. The predicted octanol–water partition coefficient (Wildman–Crippen LogP) is 2.09. The van der Waals surface area contributed by atoms with Gasteiger partial charge in [0.15, 0.2) is 0 Å². The van der Waals surface area contributed by atoms with Gasteiger partial charge in [-0.15, -0.1) is 0 Å². The number of carboxylic acids is 1. The van der Waals surface area contributed by atoms with Crippen molar-refractivity contribution < 1.29 is 19.4 Å². The summed E-state index contributed by atoms with van der Waals surface area (Å²) in [5.41, 5.74) is 0.234. The zero-order chi connectivity index (χ0) is 15.4. The van der Waals surface area contributed by atoms with E-state index in [1.165, 1.54) is 37.7 Å². The Morgan fingerprint density at radius 2 is 2.10 bits per heavy atom. The van der Waals surface area contributed by atoms with Crippen LogP contribution >= 0.6 is 11.6 Å². The van der Waals surface area contributed by atoms with Gasteiger partial charge < -0.3 is 15.2 Å². The Balaban J connectivity index is 2.31. The highest BCUT2D eigenvalue weighted by Gasteiger charge is 2.14. The van der Waals surface area contributed by atoms with Crippen molar-refractivity contribution in [2.75, 3.05) is 12.4 Å². The quantitative estimate of drug-likeness (QED) is 0.896. The van der Waals surface area contributed by atoms with Gasteiger partial charge in [-0.25, -0.2) is 9.78 Å². The minimum atomic E-state index is -1.12. The molecule has 1 aromatic heterocycles. The van der Waals surface area contributed by atoms with E-state index in [0.717, 1.165) is 0 Å². The van der Waals surface area contributed by atoms with E-state index in [1.807, 2.05) is 0 Å². The SMILES string of the molecule is COc1ccc(C(=O)O)cc1NC(=O)c1cncc(Cl)n1. The lowest BCUT2D eigenvalue weighted by atomic mass is 10.2. The number of benzene rings is 1. The zero-order valence-electron chi connectivity index (χ0n) is 10.8. The molecule has 0 spiro atoms. The lowest BCUT2D eigenvalue weighted by molar-refractivity contribution is 0.0696. The number of nitrogens with one attached hydrogen (secondary N) is 1. The highest BCUT2D eigenvalue weighted by Crippen LogP contribution is 2.26. The molecule has 1 aromatic carbocycles. The fourth-order valence-electron chi connectivity index (χ4n) is 1.58. The Kier molecular flexibility index (Phi) is 4.34. The van der Waals surface area contributed by atoms with Crippen LogP contribution in [-0.4, -0.2) is 34.1 Å². The van der Waals surface area contributed by atoms with Crippen molar-refractivity contribution in [3.8, 4) is 5.75 Å². The molecule has 0 aliphatic rings. The molecule has 7 nitrogen and oxygen atoms in total. The molecule has 0 unspecified atom stereocenters. The smallest absolute Gasteiger partial charge is 0.335 e. The van der Waals surface area contributed by atoms with Gasteiger partial charge in [0.05, 0.1) is 30.8 Å². The average Bonchev–Trinajstić information content (AvgIpc) is 2.47. The molecule has 0 aliphatic carbocycles. The number of hydrogen-bond acceptors (Lipinski definition) is 5. The van der Waals surface area contributed by atoms with Crippen molar-refractivity contribution in [3.63, 3.8) is 0 Å². The zero-order valence-corrected chi connectivity index (χ0v) is 11.6. The molecule has 1 heterocycles. The van der Waals surface area contributed by atoms with Crippen LogP contribution in [0.5, 0.6) is 5.75 Å². The highest BCUT2D eigenvalue weighted by molar-refractivity contribution is 6.29. The molecule has 0 aliphatic heterocycles. The van der Waals surface area contributed by atoms with E-state index in [9.17, 15) is 9.59 Å². The summed E-state index contributed by atoms with van der Waals surface area (Å²) in [6, 6.07) is 4.11. The molecule has 0 atom stereocenters. The van der Waals surface area contributed by atoms with Crippen LogP contribution in [0.25, 0.3) is 0 Å². The van der Waals surface area contributed by atoms with Gasteiger partial charge in [-0.3, -0.25) is 9.78 Å². The normalized spacial score (nSPS) is 10.0. The molecular weight excluding hydrogens is 298 g/mol. The first kappa shape index (κ1) is 14.7. The number of aromatic nitrogens is 2. The topological polar surface area (TPSA) is 101 Å². The third-order valence-corrected chi connectivity index (χ3v) is 2.71. The molecule has 8 heteroatoms. The van der Waals surface area contributed by atoms with Crippen LogP contribution in [0.1, 0.15) is 20.8 Å². The second kappa shape index (κ2) is 6.19. The summed E-state index contributed by atoms with van der Waals surface area (Å²) in [5, 5.41) is 11.6. The van der Waals surface area contributed by atoms with Gasteiger partial charge >= 0.3 is 5.97 Å². The monoisotopic (exact) mass is 307 g/mol. The molecule has 108 valence electrons. The van der Waals surface area contributed by atoms with Gasteiger partial charge in [0, 0.05) is 0 Å². The van der Waals surface area contributed by atoms with Crippen molar-refractivity contribution >= 4 is 29.2 Å². The Labute approximate surface area is 124 Å². The third-order valence-electron chi connectivity index (χ3n) is 2.53. The Bertz CT molecular complexity index is 706. The van der Waals surface area contributed by atoms with E-state index < -0.39 is 11.9 Å². The maximum atomic E-state index is 12.0. The summed E-state index contributed by atoms with van der Waals surface area (Å²) in [4.78, 5) is 30.6. The van der Waals surface area contributed by atoms with Crippen LogP contribution in [0.15, 0.2) is 30.6 Å². The van der Waals surface area contributed by atoms with E-state index >= 15 is 0 Å². The maximum Gasteiger partial charge on any atom is 0.335 e.